The van der Waals surface area contributed by atoms with Crippen molar-refractivity contribution in [1.82, 2.24) is 15.3 Å². The Morgan fingerprint density at radius 3 is 2.86 bits per heavy atom. The van der Waals surface area contributed by atoms with Crippen molar-refractivity contribution in [3.63, 3.8) is 0 Å². The summed E-state index contributed by atoms with van der Waals surface area (Å²) >= 11 is 0. The van der Waals surface area contributed by atoms with Gasteiger partial charge in [0.1, 0.15) is 5.82 Å². The molecular formula is C17H16N4O. The lowest BCUT2D eigenvalue weighted by molar-refractivity contribution is 0.0932. The number of nitrogens with one attached hydrogen (secondary N) is 1. The number of fused-ring (bicyclic) bond motifs is 1. The van der Waals surface area contributed by atoms with Crippen molar-refractivity contribution < 1.29 is 4.79 Å². The van der Waals surface area contributed by atoms with Crippen molar-refractivity contribution in [2.75, 3.05) is 0 Å². The van der Waals surface area contributed by atoms with Crippen LogP contribution in [0.3, 0.4) is 0 Å². The van der Waals surface area contributed by atoms with Crippen LogP contribution in [-0.4, -0.2) is 15.9 Å². The summed E-state index contributed by atoms with van der Waals surface area (Å²) in [7, 11) is 0. The number of amides is 1. The first kappa shape index (κ1) is 14.2. The third-order valence-electron chi connectivity index (χ3n) is 3.88. The third-order valence-corrected chi connectivity index (χ3v) is 3.88. The second-order valence-corrected chi connectivity index (χ2v) is 5.43. The predicted octanol–water partition coefficient (Wildman–Crippen LogP) is 2.46. The number of nitriles is 1. The Morgan fingerprint density at radius 2 is 2.14 bits per heavy atom. The van der Waals surface area contributed by atoms with E-state index in [-0.39, 0.29) is 11.9 Å². The second-order valence-electron chi connectivity index (χ2n) is 5.43. The lowest BCUT2D eigenvalue weighted by Crippen LogP contribution is -2.31. The molecule has 1 heterocycles. The normalized spacial score (nSPS) is 16.5. The topological polar surface area (TPSA) is 78.7 Å². The minimum Gasteiger partial charge on any atom is -0.345 e. The molecule has 1 aromatic carbocycles. The number of carbonyl (C=O) groups is 1. The Morgan fingerprint density at radius 1 is 1.36 bits per heavy atom. The zero-order valence-corrected chi connectivity index (χ0v) is 12.3. The average Bonchev–Trinajstić information content (AvgIpc) is 2.55. The first-order valence-corrected chi connectivity index (χ1v) is 7.31. The molecule has 0 aliphatic heterocycles. The zero-order chi connectivity index (χ0) is 15.5. The van der Waals surface area contributed by atoms with Gasteiger partial charge >= 0.3 is 0 Å². The maximum atomic E-state index is 12.4. The Bertz CT molecular complexity index is 746. The van der Waals surface area contributed by atoms with Gasteiger partial charge in [-0.3, -0.25) is 4.79 Å². The van der Waals surface area contributed by atoms with Gasteiger partial charge in [-0.25, -0.2) is 9.97 Å². The van der Waals surface area contributed by atoms with Gasteiger partial charge in [-0.15, -0.1) is 0 Å². The second kappa shape index (κ2) is 5.94. The van der Waals surface area contributed by atoms with Gasteiger partial charge in [0.15, 0.2) is 0 Å². The molecule has 110 valence electrons. The van der Waals surface area contributed by atoms with Crippen molar-refractivity contribution in [1.29, 1.82) is 5.26 Å². The monoisotopic (exact) mass is 292 g/mol. The first-order valence-electron chi connectivity index (χ1n) is 7.31. The quantitative estimate of drug-likeness (QED) is 0.922. The molecule has 1 atom stereocenters. The predicted molar refractivity (Wildman–Crippen MR) is 81.1 cm³/mol. The van der Waals surface area contributed by atoms with Crippen LogP contribution in [0, 0.1) is 18.3 Å². The van der Waals surface area contributed by atoms with Gasteiger partial charge in [0.25, 0.3) is 5.91 Å². The van der Waals surface area contributed by atoms with Crippen molar-refractivity contribution in [3.05, 3.63) is 58.7 Å². The smallest absolute Gasteiger partial charge is 0.251 e. The highest BCUT2D eigenvalue weighted by atomic mass is 16.1. The molecule has 3 rings (SSSR count). The van der Waals surface area contributed by atoms with Crippen LogP contribution in [-0.2, 0) is 6.42 Å². The van der Waals surface area contributed by atoms with E-state index in [1.165, 1.54) is 0 Å². The van der Waals surface area contributed by atoms with E-state index in [4.69, 9.17) is 5.26 Å². The van der Waals surface area contributed by atoms with E-state index in [1.807, 2.05) is 19.2 Å². The Hall–Kier alpha value is -2.74. The molecule has 5 heteroatoms. The number of rotatable bonds is 2. The van der Waals surface area contributed by atoms with Gasteiger partial charge in [0.2, 0.25) is 0 Å². The highest BCUT2D eigenvalue weighted by Crippen LogP contribution is 2.28. The minimum atomic E-state index is -0.136. The summed E-state index contributed by atoms with van der Waals surface area (Å²) in [6.07, 6.45) is 4.64. The van der Waals surface area contributed by atoms with Crippen LogP contribution in [0.5, 0.6) is 0 Å². The molecule has 1 aromatic heterocycles. The lowest BCUT2D eigenvalue weighted by atomic mass is 9.92. The minimum absolute atomic E-state index is 0.0486. The van der Waals surface area contributed by atoms with Crippen molar-refractivity contribution in [2.24, 2.45) is 0 Å². The Kier molecular flexibility index (Phi) is 3.84. The van der Waals surface area contributed by atoms with Crippen molar-refractivity contribution in [2.45, 2.75) is 32.2 Å². The summed E-state index contributed by atoms with van der Waals surface area (Å²) in [5.41, 5.74) is 3.14. The van der Waals surface area contributed by atoms with E-state index < -0.39 is 0 Å². The Balaban J connectivity index is 1.79. The lowest BCUT2D eigenvalue weighted by Gasteiger charge is -2.25. The van der Waals surface area contributed by atoms with Crippen LogP contribution in [0.25, 0.3) is 0 Å². The van der Waals surface area contributed by atoms with Gasteiger partial charge in [0.05, 0.1) is 17.7 Å². The molecular weight excluding hydrogens is 276 g/mol. The number of nitrogens with zero attached hydrogens (tertiary/aromatic N) is 3. The molecule has 0 fully saturated rings. The van der Waals surface area contributed by atoms with Gasteiger partial charge in [-0.1, -0.05) is 0 Å². The number of carbonyl (C=O) groups excluding carboxylic acids is 1. The van der Waals surface area contributed by atoms with Crippen LogP contribution < -0.4 is 5.32 Å². The van der Waals surface area contributed by atoms with E-state index in [0.29, 0.717) is 11.1 Å². The fourth-order valence-corrected chi connectivity index (χ4v) is 2.73. The van der Waals surface area contributed by atoms with Gasteiger partial charge in [-0.2, -0.15) is 5.26 Å². The van der Waals surface area contributed by atoms with Crippen molar-refractivity contribution >= 4 is 5.91 Å². The molecule has 2 aromatic rings. The summed E-state index contributed by atoms with van der Waals surface area (Å²) < 4.78 is 0. The van der Waals surface area contributed by atoms with E-state index >= 15 is 0 Å². The van der Waals surface area contributed by atoms with Crippen molar-refractivity contribution in [3.8, 4) is 6.07 Å². The number of aryl methyl sites for hydroxylation is 2. The zero-order valence-electron chi connectivity index (χ0n) is 12.3. The summed E-state index contributed by atoms with van der Waals surface area (Å²) in [5.74, 6) is 0.626. The Labute approximate surface area is 129 Å². The third kappa shape index (κ3) is 2.82. The highest BCUT2D eigenvalue weighted by Gasteiger charge is 2.23. The molecule has 5 nitrogen and oxygen atoms in total. The molecule has 0 radical (unpaired) electrons. The van der Waals surface area contributed by atoms with E-state index in [9.17, 15) is 4.79 Å². The van der Waals surface area contributed by atoms with Crippen LogP contribution >= 0.6 is 0 Å². The van der Waals surface area contributed by atoms with Gasteiger partial charge in [0, 0.05) is 23.0 Å². The maximum absolute atomic E-state index is 12.4. The molecule has 0 saturated heterocycles. The molecule has 1 N–H and O–H groups in total. The molecule has 0 unspecified atom stereocenters. The molecule has 22 heavy (non-hydrogen) atoms. The largest absolute Gasteiger partial charge is 0.345 e. The summed E-state index contributed by atoms with van der Waals surface area (Å²) in [6.45, 7) is 1.87. The summed E-state index contributed by atoms with van der Waals surface area (Å²) in [4.78, 5) is 21.1. The van der Waals surface area contributed by atoms with E-state index in [1.54, 1.807) is 24.3 Å². The average molecular weight is 292 g/mol. The number of hydrogen-bond acceptors (Lipinski definition) is 4. The first-order chi connectivity index (χ1) is 10.7. The molecule has 0 spiro atoms. The molecule has 0 saturated carbocycles. The highest BCUT2D eigenvalue weighted by molar-refractivity contribution is 5.94. The fourth-order valence-electron chi connectivity index (χ4n) is 2.73. The van der Waals surface area contributed by atoms with Gasteiger partial charge in [-0.05, 0) is 50.5 Å². The number of benzene rings is 1. The molecule has 1 aliphatic rings. The summed E-state index contributed by atoms with van der Waals surface area (Å²) in [5, 5.41) is 11.8. The maximum Gasteiger partial charge on any atom is 0.251 e. The van der Waals surface area contributed by atoms with E-state index in [0.717, 1.165) is 36.3 Å². The van der Waals surface area contributed by atoms with Crippen LogP contribution in [0.15, 0.2) is 30.5 Å². The summed E-state index contributed by atoms with van der Waals surface area (Å²) in [6, 6.07) is 8.63. The molecule has 1 amide bonds. The van der Waals surface area contributed by atoms with Crippen LogP contribution in [0.1, 0.15) is 51.9 Å². The number of aromatic nitrogens is 2. The van der Waals surface area contributed by atoms with Gasteiger partial charge < -0.3 is 5.32 Å². The number of hydrogen-bond donors (Lipinski definition) is 1. The van der Waals surface area contributed by atoms with Crippen LogP contribution in [0.4, 0.5) is 0 Å². The fraction of sp³-hybridized carbons (Fsp3) is 0.294. The SMILES string of the molecule is Cc1ncc2c(n1)CCC[C@H]2NC(=O)c1ccc(C#N)cc1. The van der Waals surface area contributed by atoms with E-state index in [2.05, 4.69) is 15.3 Å². The molecule has 0 bridgehead atoms. The standard InChI is InChI=1S/C17H16N4O/c1-11-19-10-14-15(20-11)3-2-4-16(14)21-17(22)13-7-5-12(9-18)6-8-13/h5-8,10,16H,2-4H2,1H3,(H,21,22)/t16-/m1/s1. The van der Waals surface area contributed by atoms with Crippen LogP contribution in [0.2, 0.25) is 0 Å². The molecule has 1 aliphatic carbocycles.